The number of para-hydroxylation sites is 2. The Labute approximate surface area is 439 Å². The lowest BCUT2D eigenvalue weighted by Crippen LogP contribution is -2.15. The van der Waals surface area contributed by atoms with Crippen molar-refractivity contribution in [1.29, 1.82) is 0 Å². The summed E-state index contributed by atoms with van der Waals surface area (Å²) in [6, 6.07) is 43.8. The van der Waals surface area contributed by atoms with Crippen LogP contribution in [0.4, 0.5) is 11.4 Å². The van der Waals surface area contributed by atoms with Gasteiger partial charge in [-0.15, -0.1) is 0 Å². The van der Waals surface area contributed by atoms with Gasteiger partial charge in [-0.3, -0.25) is 18.7 Å². The zero-order valence-electron chi connectivity index (χ0n) is 39.3. The van der Waals surface area contributed by atoms with E-state index in [1.165, 1.54) is 24.3 Å². The topological polar surface area (TPSA) is 172 Å². The number of rotatable bonds is 14. The summed E-state index contributed by atoms with van der Waals surface area (Å²) in [5, 5.41) is 38.9. The van der Waals surface area contributed by atoms with Gasteiger partial charge in [-0.2, -0.15) is 0 Å². The number of carbonyl (C=O) groups excluding carboxylic acids is 3. The molecule has 73 heavy (non-hydrogen) atoms. The van der Waals surface area contributed by atoms with Crippen LogP contribution < -0.4 is 10.6 Å². The minimum atomic E-state index is -1.19. The van der Waals surface area contributed by atoms with E-state index in [0.29, 0.717) is 58.5 Å². The fraction of sp³-hybridized carbons (Fsp3) is 0.123. The fourth-order valence-electron chi connectivity index (χ4n) is 8.70. The molecule has 9 rings (SSSR count). The second-order valence-electron chi connectivity index (χ2n) is 16.8. The monoisotopic (exact) mass is 1050 g/mol. The van der Waals surface area contributed by atoms with E-state index in [-0.39, 0.29) is 51.1 Å². The van der Waals surface area contributed by atoms with Crippen molar-refractivity contribution in [3.63, 3.8) is 0 Å². The highest BCUT2D eigenvalue weighted by atomic mass is 35.5. The fourth-order valence-corrected chi connectivity index (χ4v) is 9.47. The number of anilines is 2. The molecule has 7 aromatic carbocycles. The van der Waals surface area contributed by atoms with Gasteiger partial charge in [0.1, 0.15) is 29.2 Å². The van der Waals surface area contributed by atoms with Crippen molar-refractivity contribution < 1.29 is 39.2 Å². The molecule has 0 radical (unpaired) electrons. The lowest BCUT2D eigenvalue weighted by molar-refractivity contribution is 0.0468. The van der Waals surface area contributed by atoms with Gasteiger partial charge in [-0.1, -0.05) is 125 Å². The van der Waals surface area contributed by atoms with Crippen LogP contribution in [-0.2, 0) is 24.2 Å². The maximum atomic E-state index is 13.6. The van der Waals surface area contributed by atoms with Crippen molar-refractivity contribution >= 4 is 103 Å². The third kappa shape index (κ3) is 11.2. The van der Waals surface area contributed by atoms with Gasteiger partial charge in [0.05, 0.1) is 42.3 Å². The Balaban J connectivity index is 0.000000199. The Morgan fingerprint density at radius 3 is 1.41 bits per heavy atom. The Hall–Kier alpha value is -7.74. The molecule has 0 saturated carbocycles. The Kier molecular flexibility index (Phi) is 16.1. The van der Waals surface area contributed by atoms with E-state index >= 15 is 0 Å². The molecule has 0 saturated heterocycles. The van der Waals surface area contributed by atoms with Crippen molar-refractivity contribution in [2.75, 3.05) is 23.7 Å². The van der Waals surface area contributed by atoms with Crippen LogP contribution in [0.15, 0.2) is 152 Å². The van der Waals surface area contributed by atoms with Gasteiger partial charge in [0.15, 0.2) is 0 Å². The van der Waals surface area contributed by atoms with Gasteiger partial charge in [0.25, 0.3) is 11.8 Å². The smallest absolute Gasteiger partial charge is 0.342 e. The molecule has 0 unspecified atom stereocenters. The van der Waals surface area contributed by atoms with E-state index in [4.69, 9.17) is 56.2 Å². The van der Waals surface area contributed by atoms with Crippen molar-refractivity contribution in [2.45, 2.75) is 33.3 Å². The molecule has 2 heterocycles. The minimum absolute atomic E-state index is 0.0959. The summed E-state index contributed by atoms with van der Waals surface area (Å²) < 4.78 is 8.65. The number of nitrogens with zero attached hydrogens (tertiary/aromatic N) is 2. The van der Waals surface area contributed by atoms with Gasteiger partial charge in [-0.05, 0) is 104 Å². The number of hydrogen-bond donors (Lipinski definition) is 5. The van der Waals surface area contributed by atoms with Crippen molar-refractivity contribution in [3.8, 4) is 11.5 Å². The third-order valence-electron chi connectivity index (χ3n) is 12.3. The molecule has 5 N–H and O–H groups in total. The first kappa shape index (κ1) is 51.6. The number of aromatic carboxylic acids is 1. The maximum Gasteiger partial charge on any atom is 0.342 e. The van der Waals surface area contributed by atoms with Crippen molar-refractivity contribution in [1.82, 2.24) is 9.13 Å². The number of benzene rings is 7. The van der Waals surface area contributed by atoms with E-state index in [2.05, 4.69) is 10.6 Å². The normalized spacial score (nSPS) is 11.0. The van der Waals surface area contributed by atoms with E-state index in [0.717, 1.165) is 49.9 Å². The summed E-state index contributed by atoms with van der Waals surface area (Å²) in [6.45, 7) is 4.95. The minimum Gasteiger partial charge on any atom is -0.507 e. The number of halogens is 4. The predicted octanol–water partition coefficient (Wildman–Crippen LogP) is 13.7. The molecule has 0 aliphatic rings. The number of ether oxygens (including phenoxy) is 1. The van der Waals surface area contributed by atoms with Crippen LogP contribution in [0.5, 0.6) is 11.5 Å². The highest BCUT2D eigenvalue weighted by Gasteiger charge is 2.24. The molecule has 0 fully saturated rings. The zero-order chi connectivity index (χ0) is 51.9. The quantitative estimate of drug-likeness (QED) is 0.0660. The summed E-state index contributed by atoms with van der Waals surface area (Å²) in [4.78, 5) is 50.5. The average molecular weight is 1060 g/mol. The number of carboxylic acids is 1. The first-order chi connectivity index (χ1) is 35.1. The van der Waals surface area contributed by atoms with Crippen LogP contribution in [-0.4, -0.2) is 61.3 Å². The lowest BCUT2D eigenvalue weighted by Gasteiger charge is -2.11. The van der Waals surface area contributed by atoms with E-state index < -0.39 is 11.9 Å². The Morgan fingerprint density at radius 1 is 0.521 bits per heavy atom. The highest BCUT2D eigenvalue weighted by Crippen LogP contribution is 2.34. The van der Waals surface area contributed by atoms with E-state index in [9.17, 15) is 29.4 Å². The number of carbonyl (C=O) groups is 4. The summed E-state index contributed by atoms with van der Waals surface area (Å²) in [5.74, 6) is -2.76. The summed E-state index contributed by atoms with van der Waals surface area (Å²) in [5.41, 5.74) is 7.89. The number of carboxylic acid groups (broad SMARTS) is 1. The molecular formula is C57H46Cl4N4O8. The van der Waals surface area contributed by atoms with Crippen LogP contribution >= 0.6 is 46.4 Å². The molecule has 12 nitrogen and oxygen atoms in total. The largest absolute Gasteiger partial charge is 0.507 e. The van der Waals surface area contributed by atoms with E-state index in [1.807, 2.05) is 92.7 Å². The molecule has 0 bridgehead atoms. The first-order valence-corrected chi connectivity index (χ1v) is 24.4. The molecule has 9 aromatic rings. The number of nitrogens with one attached hydrogen (secondary N) is 2. The molecule has 0 aliphatic carbocycles. The number of phenols is 2. The lowest BCUT2D eigenvalue weighted by atomic mass is 10.1. The number of phenolic OH excluding ortho intramolecular Hbond substituents is 1. The van der Waals surface area contributed by atoms with Gasteiger partial charge in [0.2, 0.25) is 0 Å². The zero-order valence-corrected chi connectivity index (χ0v) is 42.3. The van der Waals surface area contributed by atoms with E-state index in [1.54, 1.807) is 57.7 Å². The molecule has 0 atom stereocenters. The SMILES string of the molecule is Cc1c(CCNc2ccc(C(=O)O)c(O)c2)c2ccccc2n1C(=O)c1cccc(Cl)c1Cl.Cc1c(CCNc2ccc(C(=O)OCc3ccccc3)c(O)c2)c2ccccc2n1C(=O)c1cccc(Cl)c1Cl. The van der Waals surface area contributed by atoms with Crippen LogP contribution in [0.1, 0.15) is 69.5 Å². The Bertz CT molecular complexity index is 3570. The number of hydrogen-bond acceptors (Lipinski definition) is 9. The number of esters is 1. The van der Waals surface area contributed by atoms with Gasteiger partial charge < -0.3 is 30.7 Å². The Morgan fingerprint density at radius 2 is 0.959 bits per heavy atom. The van der Waals surface area contributed by atoms with Gasteiger partial charge in [-0.25, -0.2) is 9.59 Å². The number of fused-ring (bicyclic) bond motifs is 2. The second-order valence-corrected chi connectivity index (χ2v) is 18.4. The predicted molar refractivity (Wildman–Crippen MR) is 289 cm³/mol. The summed E-state index contributed by atoms with van der Waals surface area (Å²) >= 11 is 25.0. The molecule has 16 heteroatoms. The molecule has 2 aromatic heterocycles. The highest BCUT2D eigenvalue weighted by molar-refractivity contribution is 6.44. The maximum absolute atomic E-state index is 13.6. The van der Waals surface area contributed by atoms with Crippen LogP contribution in [0.25, 0.3) is 21.8 Å². The standard InChI is InChI=1S/C32H26Cl2N2O4.C25H20Cl2N2O4/c1-20-23(24-10-5-6-13-28(24)36(20)31(38)26-11-7-12-27(33)30(26)34)16-17-35-22-14-15-25(29(37)18-22)32(39)40-19-21-8-3-2-4-9-21;1-14-16(11-12-28-15-9-10-18(25(32)33)22(30)13-15)17-5-2-3-8-21(17)29(14)24(31)19-6-4-7-20(26)23(19)27/h2-15,18,35,37H,16-17,19H2,1H3;2-10,13,28,30H,11-12H2,1H3,(H,32,33). The van der Waals surface area contributed by atoms with Gasteiger partial charge >= 0.3 is 11.9 Å². The van der Waals surface area contributed by atoms with Gasteiger partial charge in [0, 0.05) is 58.8 Å². The number of aromatic hydroxyl groups is 2. The summed E-state index contributed by atoms with van der Waals surface area (Å²) in [6.07, 6.45) is 1.20. The van der Waals surface area contributed by atoms with Crippen molar-refractivity contribution in [3.05, 3.63) is 222 Å². The average Bonchev–Trinajstić information content (AvgIpc) is 3.83. The molecule has 370 valence electrons. The van der Waals surface area contributed by atoms with Crippen LogP contribution in [0, 0.1) is 13.8 Å². The molecular weight excluding hydrogens is 1010 g/mol. The molecule has 0 spiro atoms. The summed E-state index contributed by atoms with van der Waals surface area (Å²) in [7, 11) is 0. The second kappa shape index (κ2) is 22.8. The van der Waals surface area contributed by atoms with Crippen LogP contribution in [0.2, 0.25) is 20.1 Å². The number of aromatic nitrogens is 2. The first-order valence-electron chi connectivity index (χ1n) is 22.9. The molecule has 0 amide bonds. The molecule has 0 aliphatic heterocycles. The van der Waals surface area contributed by atoms with Crippen LogP contribution in [0.3, 0.4) is 0 Å². The third-order valence-corrected chi connectivity index (χ3v) is 14.0. The van der Waals surface area contributed by atoms with Crippen molar-refractivity contribution in [2.24, 2.45) is 0 Å².